The molecule has 0 aliphatic heterocycles. The number of benzene rings is 3. The molecule has 0 bridgehead atoms. The molecule has 0 amide bonds. The highest BCUT2D eigenvalue weighted by Gasteiger charge is 2.09. The summed E-state index contributed by atoms with van der Waals surface area (Å²) in [6.45, 7) is 8.57. The van der Waals surface area contributed by atoms with Gasteiger partial charge in [-0.25, -0.2) is 9.59 Å². The molecule has 1 N–H and O–H groups in total. The van der Waals surface area contributed by atoms with Gasteiger partial charge in [0.15, 0.2) is 0 Å². The summed E-state index contributed by atoms with van der Waals surface area (Å²) in [5.74, 6) is -0.132. The van der Waals surface area contributed by atoms with Crippen LogP contribution in [0.3, 0.4) is 0 Å². The van der Waals surface area contributed by atoms with Crippen molar-refractivity contribution in [2.75, 3.05) is 13.2 Å². The number of aromatic carboxylic acids is 1. The Bertz CT molecular complexity index is 1010. The fourth-order valence-corrected chi connectivity index (χ4v) is 2.70. The van der Waals surface area contributed by atoms with Crippen LogP contribution in [0, 0.1) is 5.92 Å². The second-order valence-corrected chi connectivity index (χ2v) is 7.48. The van der Waals surface area contributed by atoms with Gasteiger partial charge in [0.25, 0.3) is 0 Å². The van der Waals surface area contributed by atoms with Crippen molar-refractivity contribution in [1.29, 1.82) is 0 Å². The van der Waals surface area contributed by atoms with Crippen molar-refractivity contribution < 1.29 is 24.2 Å². The molecule has 0 saturated heterocycles. The average molecular weight is 447 g/mol. The van der Waals surface area contributed by atoms with Gasteiger partial charge in [-0.1, -0.05) is 75.4 Å². The molecule has 172 valence electrons. The fraction of sp³-hybridized carbons (Fsp3) is 0.214. The lowest BCUT2D eigenvalue weighted by molar-refractivity contribution is 0.0447. The van der Waals surface area contributed by atoms with Crippen LogP contribution in [0.25, 0.3) is 11.1 Å². The summed E-state index contributed by atoms with van der Waals surface area (Å²) in [6.07, 6.45) is 2.64. The van der Waals surface area contributed by atoms with E-state index in [0.29, 0.717) is 30.4 Å². The summed E-state index contributed by atoms with van der Waals surface area (Å²) in [5.41, 5.74) is 3.11. The topological polar surface area (TPSA) is 72.8 Å². The van der Waals surface area contributed by atoms with Crippen LogP contribution in [-0.2, 0) is 4.74 Å². The number of esters is 1. The molecule has 0 aliphatic rings. The molecular formula is C28H30O5. The van der Waals surface area contributed by atoms with Gasteiger partial charge in [0.1, 0.15) is 12.4 Å². The van der Waals surface area contributed by atoms with E-state index in [9.17, 15) is 9.59 Å². The molecule has 3 rings (SSSR count). The summed E-state index contributed by atoms with van der Waals surface area (Å²) >= 11 is 0. The van der Waals surface area contributed by atoms with Gasteiger partial charge in [0, 0.05) is 0 Å². The molecule has 0 aromatic heterocycles. The zero-order valence-corrected chi connectivity index (χ0v) is 19.1. The standard InChI is InChI=1S/C18H20O2.C10H10O3/c1-3-14(2)13-20-18(19)17-11-9-16(10-12-17)15-7-5-4-6-8-15;1-2-7-13-9-5-3-8(4-6-9)10(11)12/h4-12,14H,3,13H2,1-2H3;2-6H,1,7H2,(H,11,12). The minimum absolute atomic E-state index is 0.245. The Morgan fingerprint density at radius 3 is 2.03 bits per heavy atom. The highest BCUT2D eigenvalue weighted by Crippen LogP contribution is 2.19. The van der Waals surface area contributed by atoms with Crippen LogP contribution in [0.4, 0.5) is 0 Å². The SMILES string of the molecule is C=CCOc1ccc(C(=O)O)cc1.CCC(C)COC(=O)c1ccc(-c2ccccc2)cc1. The maximum atomic E-state index is 11.9. The second-order valence-electron chi connectivity index (χ2n) is 7.48. The van der Waals surface area contributed by atoms with Crippen LogP contribution in [0.15, 0.2) is 91.5 Å². The first kappa shape index (κ1) is 25.4. The number of carboxylic acids is 1. The summed E-state index contributed by atoms with van der Waals surface area (Å²) < 4.78 is 10.5. The highest BCUT2D eigenvalue weighted by molar-refractivity contribution is 5.90. The molecule has 0 fully saturated rings. The summed E-state index contributed by atoms with van der Waals surface area (Å²) in [4.78, 5) is 22.4. The van der Waals surface area contributed by atoms with Crippen molar-refractivity contribution in [3.8, 4) is 16.9 Å². The van der Waals surface area contributed by atoms with E-state index in [-0.39, 0.29) is 11.5 Å². The second kappa shape index (κ2) is 13.5. The molecule has 0 heterocycles. The van der Waals surface area contributed by atoms with Gasteiger partial charge in [-0.15, -0.1) is 0 Å². The van der Waals surface area contributed by atoms with Crippen molar-refractivity contribution in [1.82, 2.24) is 0 Å². The van der Waals surface area contributed by atoms with E-state index in [4.69, 9.17) is 14.6 Å². The molecule has 3 aromatic carbocycles. The van der Waals surface area contributed by atoms with Crippen molar-refractivity contribution in [3.63, 3.8) is 0 Å². The first-order valence-electron chi connectivity index (χ1n) is 10.8. The number of carbonyl (C=O) groups excluding carboxylic acids is 1. The van der Waals surface area contributed by atoms with Crippen molar-refractivity contribution >= 4 is 11.9 Å². The maximum Gasteiger partial charge on any atom is 0.338 e. The molecule has 5 heteroatoms. The van der Waals surface area contributed by atoms with Gasteiger partial charge < -0.3 is 14.6 Å². The molecule has 5 nitrogen and oxygen atoms in total. The summed E-state index contributed by atoms with van der Waals surface area (Å²) in [6, 6.07) is 23.9. The largest absolute Gasteiger partial charge is 0.490 e. The number of carboxylic acid groups (broad SMARTS) is 1. The quantitative estimate of drug-likeness (QED) is 0.300. The lowest BCUT2D eigenvalue weighted by atomic mass is 10.0. The summed E-state index contributed by atoms with van der Waals surface area (Å²) in [7, 11) is 0. The molecule has 3 aromatic rings. The van der Waals surface area contributed by atoms with Crippen LogP contribution < -0.4 is 4.74 Å². The van der Waals surface area contributed by atoms with Gasteiger partial charge in [-0.2, -0.15) is 0 Å². The molecule has 1 unspecified atom stereocenters. The number of rotatable bonds is 9. The zero-order valence-electron chi connectivity index (χ0n) is 19.1. The Morgan fingerprint density at radius 2 is 1.48 bits per heavy atom. The van der Waals surface area contributed by atoms with E-state index in [1.807, 2.05) is 42.5 Å². The molecule has 0 spiro atoms. The lowest BCUT2D eigenvalue weighted by Gasteiger charge is -2.10. The van der Waals surface area contributed by atoms with Crippen LogP contribution in [0.1, 0.15) is 41.0 Å². The van der Waals surface area contributed by atoms with E-state index in [0.717, 1.165) is 17.5 Å². The lowest BCUT2D eigenvalue weighted by Crippen LogP contribution is -2.11. The van der Waals surface area contributed by atoms with E-state index in [2.05, 4.69) is 32.6 Å². The molecule has 0 aliphatic carbocycles. The first-order chi connectivity index (χ1) is 15.9. The molecule has 0 radical (unpaired) electrons. The Hall–Kier alpha value is -3.86. The molecule has 33 heavy (non-hydrogen) atoms. The third kappa shape index (κ3) is 8.65. The average Bonchev–Trinajstić information content (AvgIpc) is 2.87. The van der Waals surface area contributed by atoms with Crippen molar-refractivity contribution in [2.45, 2.75) is 20.3 Å². The fourth-order valence-electron chi connectivity index (χ4n) is 2.70. The predicted molar refractivity (Wildman–Crippen MR) is 131 cm³/mol. The van der Waals surface area contributed by atoms with Crippen LogP contribution in [0.5, 0.6) is 5.75 Å². The monoisotopic (exact) mass is 446 g/mol. The van der Waals surface area contributed by atoms with Crippen molar-refractivity contribution in [2.24, 2.45) is 5.92 Å². The van der Waals surface area contributed by atoms with Gasteiger partial charge in [-0.3, -0.25) is 0 Å². The van der Waals surface area contributed by atoms with Crippen LogP contribution >= 0.6 is 0 Å². The Balaban J connectivity index is 0.000000257. The van der Waals surface area contributed by atoms with E-state index < -0.39 is 5.97 Å². The molecule has 0 saturated carbocycles. The van der Waals surface area contributed by atoms with Gasteiger partial charge in [0.2, 0.25) is 0 Å². The Kier molecular flexibility index (Phi) is 10.4. The van der Waals surface area contributed by atoms with Crippen LogP contribution in [0.2, 0.25) is 0 Å². The van der Waals surface area contributed by atoms with Gasteiger partial charge in [0.05, 0.1) is 17.7 Å². The van der Waals surface area contributed by atoms with Gasteiger partial charge >= 0.3 is 11.9 Å². The minimum atomic E-state index is -0.935. The first-order valence-corrected chi connectivity index (χ1v) is 10.8. The molecular weight excluding hydrogens is 416 g/mol. The van der Waals surface area contributed by atoms with Gasteiger partial charge in [-0.05, 0) is 53.4 Å². The number of carbonyl (C=O) groups is 2. The van der Waals surface area contributed by atoms with E-state index in [1.54, 1.807) is 18.2 Å². The number of hydrogen-bond donors (Lipinski definition) is 1. The Labute approximate surface area is 195 Å². The summed E-state index contributed by atoms with van der Waals surface area (Å²) in [5, 5.41) is 8.59. The smallest absolute Gasteiger partial charge is 0.338 e. The van der Waals surface area contributed by atoms with Crippen molar-refractivity contribution in [3.05, 3.63) is 103 Å². The minimum Gasteiger partial charge on any atom is -0.490 e. The zero-order chi connectivity index (χ0) is 24.1. The Morgan fingerprint density at radius 1 is 0.909 bits per heavy atom. The normalized spacial score (nSPS) is 10.8. The molecule has 1 atom stereocenters. The predicted octanol–water partition coefficient (Wildman–Crippen LogP) is 6.51. The number of hydrogen-bond acceptors (Lipinski definition) is 4. The van der Waals surface area contributed by atoms with Crippen LogP contribution in [-0.4, -0.2) is 30.3 Å². The number of ether oxygens (including phenoxy) is 2. The van der Waals surface area contributed by atoms with E-state index >= 15 is 0 Å². The highest BCUT2D eigenvalue weighted by atomic mass is 16.5. The van der Waals surface area contributed by atoms with E-state index in [1.165, 1.54) is 12.1 Å². The maximum absolute atomic E-state index is 11.9. The third-order valence-electron chi connectivity index (χ3n) is 4.89. The third-order valence-corrected chi connectivity index (χ3v) is 4.89.